The van der Waals surface area contributed by atoms with Crippen molar-refractivity contribution in [1.29, 1.82) is 0 Å². The molecule has 0 radical (unpaired) electrons. The number of hydrogen-bond donors (Lipinski definition) is 0. The fourth-order valence-corrected chi connectivity index (χ4v) is 3.68. The van der Waals surface area contributed by atoms with E-state index in [1.807, 2.05) is 13.8 Å². The van der Waals surface area contributed by atoms with Gasteiger partial charge in [0.1, 0.15) is 15.5 Å². The molecule has 142 valence electrons. The van der Waals surface area contributed by atoms with Crippen molar-refractivity contribution < 1.29 is 19.1 Å². The first kappa shape index (κ1) is 20.1. The van der Waals surface area contributed by atoms with Crippen LogP contribution in [0.1, 0.15) is 47.7 Å². The molecule has 0 spiro atoms. The largest absolute Gasteiger partial charge is 0.469 e. The van der Waals surface area contributed by atoms with Crippen molar-refractivity contribution in [2.45, 2.75) is 47.1 Å². The van der Waals surface area contributed by atoms with Gasteiger partial charge in [0, 0.05) is 13.0 Å². The molecule has 2 aromatic heterocycles. The summed E-state index contributed by atoms with van der Waals surface area (Å²) >= 11 is 1.18. The molecule has 0 saturated heterocycles. The summed E-state index contributed by atoms with van der Waals surface area (Å²) in [6, 6.07) is 0. The number of carbonyl (C=O) groups is 2. The second-order valence-electron chi connectivity index (χ2n) is 6.52. The summed E-state index contributed by atoms with van der Waals surface area (Å²) < 4.78 is 11.4. The number of methoxy groups -OCH3 is 1. The third-order valence-electron chi connectivity index (χ3n) is 3.96. The average molecular weight is 380 g/mol. The molecular weight excluding hydrogens is 356 g/mol. The fourth-order valence-electron chi connectivity index (χ4n) is 2.57. The van der Waals surface area contributed by atoms with Crippen molar-refractivity contribution in [1.82, 2.24) is 9.55 Å². The molecule has 0 bridgehead atoms. The monoisotopic (exact) mass is 380 g/mol. The van der Waals surface area contributed by atoms with Gasteiger partial charge in [-0.2, -0.15) is 0 Å². The summed E-state index contributed by atoms with van der Waals surface area (Å²) in [5.41, 5.74) is 0.395. The van der Waals surface area contributed by atoms with Crippen LogP contribution in [-0.4, -0.2) is 35.2 Å². The number of thiophene rings is 1. The quantitative estimate of drug-likeness (QED) is 0.687. The predicted molar refractivity (Wildman–Crippen MR) is 99.7 cm³/mol. The number of aromatic nitrogens is 2. The minimum absolute atomic E-state index is 0.200. The van der Waals surface area contributed by atoms with E-state index in [4.69, 9.17) is 4.74 Å². The molecule has 0 atom stereocenters. The average Bonchev–Trinajstić information content (AvgIpc) is 2.91. The fraction of sp³-hybridized carbons (Fsp3) is 0.556. The maximum absolute atomic E-state index is 12.9. The predicted octanol–water partition coefficient (Wildman–Crippen LogP) is 2.84. The normalized spacial score (nSPS) is 11.2. The Kier molecular flexibility index (Phi) is 6.52. The van der Waals surface area contributed by atoms with E-state index in [1.54, 1.807) is 13.8 Å². The van der Waals surface area contributed by atoms with E-state index >= 15 is 0 Å². The Balaban J connectivity index is 2.35. The Bertz CT molecular complexity index is 882. The zero-order chi connectivity index (χ0) is 19.4. The molecule has 0 aliphatic carbocycles. The molecule has 26 heavy (non-hydrogen) atoms. The zero-order valence-electron chi connectivity index (χ0n) is 15.7. The van der Waals surface area contributed by atoms with Crippen molar-refractivity contribution in [2.75, 3.05) is 13.7 Å². The van der Waals surface area contributed by atoms with Gasteiger partial charge in [-0.3, -0.25) is 14.2 Å². The lowest BCUT2D eigenvalue weighted by Gasteiger charge is -2.09. The summed E-state index contributed by atoms with van der Waals surface area (Å²) in [6.07, 6.45) is 0.711. The Labute approximate surface area is 155 Å². The molecule has 0 N–H and O–H groups in total. The van der Waals surface area contributed by atoms with Gasteiger partial charge in [0.15, 0.2) is 0 Å². The van der Waals surface area contributed by atoms with Crippen LogP contribution in [0.25, 0.3) is 10.2 Å². The molecule has 0 aromatic carbocycles. The first-order valence-electron chi connectivity index (χ1n) is 8.50. The molecule has 0 unspecified atom stereocenters. The van der Waals surface area contributed by atoms with Crippen LogP contribution in [-0.2, 0) is 20.8 Å². The van der Waals surface area contributed by atoms with E-state index in [-0.39, 0.29) is 23.9 Å². The van der Waals surface area contributed by atoms with E-state index < -0.39 is 5.97 Å². The lowest BCUT2D eigenvalue weighted by Crippen LogP contribution is -2.24. The van der Waals surface area contributed by atoms with Crippen LogP contribution in [0.15, 0.2) is 4.79 Å². The molecule has 0 aliphatic heterocycles. The van der Waals surface area contributed by atoms with Crippen molar-refractivity contribution in [3.8, 4) is 0 Å². The van der Waals surface area contributed by atoms with Gasteiger partial charge in [0.05, 0.1) is 19.1 Å². The second-order valence-corrected chi connectivity index (χ2v) is 7.52. The van der Waals surface area contributed by atoms with E-state index in [9.17, 15) is 14.4 Å². The molecule has 0 fully saturated rings. The maximum Gasteiger partial charge on any atom is 0.348 e. The van der Waals surface area contributed by atoms with Crippen molar-refractivity contribution >= 4 is 33.5 Å². The molecule has 7 nitrogen and oxygen atoms in total. The van der Waals surface area contributed by atoms with E-state index in [0.717, 1.165) is 0 Å². The summed E-state index contributed by atoms with van der Waals surface area (Å²) in [5, 5.41) is 0.440. The lowest BCUT2D eigenvalue weighted by molar-refractivity contribution is -0.140. The van der Waals surface area contributed by atoms with Gasteiger partial charge in [0.2, 0.25) is 0 Å². The van der Waals surface area contributed by atoms with Crippen LogP contribution in [0.2, 0.25) is 0 Å². The van der Waals surface area contributed by atoms with Gasteiger partial charge in [-0.15, -0.1) is 11.3 Å². The Morgan fingerprint density at radius 3 is 2.58 bits per heavy atom. The van der Waals surface area contributed by atoms with Crippen molar-refractivity contribution in [3.63, 3.8) is 0 Å². The molecule has 2 aromatic rings. The number of fused-ring (bicyclic) bond motifs is 1. The van der Waals surface area contributed by atoms with Gasteiger partial charge in [-0.05, 0) is 31.7 Å². The van der Waals surface area contributed by atoms with Crippen LogP contribution >= 0.6 is 11.3 Å². The second kappa shape index (κ2) is 8.44. The summed E-state index contributed by atoms with van der Waals surface area (Å²) in [6.45, 7) is 8.10. The zero-order valence-corrected chi connectivity index (χ0v) is 16.6. The molecular formula is C18H24N2O5S. The number of esters is 2. The highest BCUT2D eigenvalue weighted by molar-refractivity contribution is 7.20. The van der Waals surface area contributed by atoms with E-state index in [2.05, 4.69) is 9.72 Å². The Morgan fingerprint density at radius 2 is 1.96 bits per heavy atom. The third kappa shape index (κ3) is 4.30. The lowest BCUT2D eigenvalue weighted by atomic mass is 10.2. The van der Waals surface area contributed by atoms with Gasteiger partial charge in [-0.1, -0.05) is 13.8 Å². The van der Waals surface area contributed by atoms with Crippen molar-refractivity contribution in [2.24, 2.45) is 5.92 Å². The first-order chi connectivity index (χ1) is 12.3. The van der Waals surface area contributed by atoms with Crippen LogP contribution in [0.3, 0.4) is 0 Å². The molecule has 2 heterocycles. The minimum atomic E-state index is -0.423. The smallest absolute Gasteiger partial charge is 0.348 e. The summed E-state index contributed by atoms with van der Waals surface area (Å²) in [5.74, 6) is 0.0527. The van der Waals surface area contributed by atoms with Crippen LogP contribution in [0.5, 0.6) is 0 Å². The van der Waals surface area contributed by atoms with Crippen molar-refractivity contribution in [3.05, 3.63) is 26.6 Å². The summed E-state index contributed by atoms with van der Waals surface area (Å²) in [7, 11) is 1.34. The Hall–Kier alpha value is -2.22. The van der Waals surface area contributed by atoms with Gasteiger partial charge >= 0.3 is 11.9 Å². The molecule has 0 saturated carbocycles. The number of ether oxygens (including phenoxy) is 2. The van der Waals surface area contributed by atoms with Crippen LogP contribution in [0.4, 0.5) is 0 Å². The van der Waals surface area contributed by atoms with Gasteiger partial charge in [-0.25, -0.2) is 9.78 Å². The first-order valence-corrected chi connectivity index (χ1v) is 9.32. The SMILES string of the molecule is COC(=O)CCCn1c(C)nc2sc(C(=O)OCC(C)C)c(C)c2c1=O. The minimum Gasteiger partial charge on any atom is -0.469 e. The third-order valence-corrected chi connectivity index (χ3v) is 5.13. The van der Waals surface area contributed by atoms with Gasteiger partial charge < -0.3 is 9.47 Å². The molecule has 8 heteroatoms. The molecule has 2 rings (SSSR count). The topological polar surface area (TPSA) is 87.5 Å². The number of aryl methyl sites for hydroxylation is 2. The van der Waals surface area contributed by atoms with E-state index in [1.165, 1.54) is 23.0 Å². The highest BCUT2D eigenvalue weighted by Crippen LogP contribution is 2.28. The number of rotatable bonds is 7. The highest BCUT2D eigenvalue weighted by atomic mass is 32.1. The molecule has 0 aliphatic rings. The van der Waals surface area contributed by atoms with Crippen LogP contribution < -0.4 is 5.56 Å². The van der Waals surface area contributed by atoms with Crippen LogP contribution in [0, 0.1) is 19.8 Å². The standard InChI is InChI=1S/C18H24N2O5S/c1-10(2)9-25-18(23)15-11(3)14-16(26-15)19-12(4)20(17(14)22)8-6-7-13(21)24-5/h10H,6-9H2,1-5H3. The Morgan fingerprint density at radius 1 is 1.27 bits per heavy atom. The van der Waals surface area contributed by atoms with Gasteiger partial charge in [0.25, 0.3) is 5.56 Å². The number of hydrogen-bond acceptors (Lipinski definition) is 7. The summed E-state index contributed by atoms with van der Waals surface area (Å²) in [4.78, 5) is 41.8. The number of nitrogens with zero attached hydrogens (tertiary/aromatic N) is 2. The van der Waals surface area contributed by atoms with E-state index in [0.29, 0.717) is 46.1 Å². The maximum atomic E-state index is 12.9. The molecule has 0 amide bonds. The highest BCUT2D eigenvalue weighted by Gasteiger charge is 2.21. The number of carbonyl (C=O) groups excluding carboxylic acids is 2.